The third kappa shape index (κ3) is 3.29. The Kier molecular flexibility index (Phi) is 4.88. The van der Waals surface area contributed by atoms with Crippen LogP contribution in [0, 0.1) is 12.3 Å². The fourth-order valence-corrected chi connectivity index (χ4v) is 1.64. The van der Waals surface area contributed by atoms with Crippen LogP contribution in [0.2, 0.25) is 0 Å². The highest BCUT2D eigenvalue weighted by molar-refractivity contribution is 5.48. The molecule has 1 aromatic rings. The molecule has 1 atom stereocenters. The van der Waals surface area contributed by atoms with Crippen LogP contribution in [-0.4, -0.2) is 18.2 Å². The summed E-state index contributed by atoms with van der Waals surface area (Å²) in [7, 11) is 0. The van der Waals surface area contributed by atoms with Crippen molar-refractivity contribution in [3.63, 3.8) is 0 Å². The number of benzene rings is 1. The largest absolute Gasteiger partial charge is 0.389 e. The van der Waals surface area contributed by atoms with Gasteiger partial charge in [-0.1, -0.05) is 25.0 Å². The summed E-state index contributed by atoms with van der Waals surface area (Å²) in [5, 5.41) is 9.41. The first-order valence-corrected chi connectivity index (χ1v) is 5.65. The number of hydrogen-bond acceptors (Lipinski definition) is 2. The molecule has 0 heterocycles. The zero-order valence-corrected chi connectivity index (χ0v) is 9.98. The minimum Gasteiger partial charge on any atom is -0.389 e. The van der Waals surface area contributed by atoms with Gasteiger partial charge in [-0.2, -0.15) is 0 Å². The topological polar surface area (TPSA) is 23.5 Å². The second-order valence-corrected chi connectivity index (χ2v) is 3.89. The Morgan fingerprint density at radius 2 is 2.00 bits per heavy atom. The molecule has 0 aliphatic rings. The molecule has 0 bridgehead atoms. The van der Waals surface area contributed by atoms with E-state index in [9.17, 15) is 5.11 Å². The van der Waals surface area contributed by atoms with Crippen LogP contribution >= 0.6 is 0 Å². The number of nitrogens with zero attached hydrogens (tertiary/aromatic N) is 1. The average molecular weight is 217 g/mol. The van der Waals surface area contributed by atoms with Crippen molar-refractivity contribution >= 4 is 5.69 Å². The number of aliphatic hydroxyl groups is 1. The highest BCUT2D eigenvalue weighted by Gasteiger charge is 2.05. The van der Waals surface area contributed by atoms with Crippen LogP contribution in [0.4, 0.5) is 5.69 Å². The highest BCUT2D eigenvalue weighted by Crippen LogP contribution is 2.19. The predicted molar refractivity (Wildman–Crippen MR) is 68.4 cm³/mol. The summed E-state index contributed by atoms with van der Waals surface area (Å²) < 4.78 is 0. The van der Waals surface area contributed by atoms with Crippen molar-refractivity contribution in [3.8, 4) is 12.3 Å². The average Bonchev–Trinajstić information content (AvgIpc) is 2.29. The standard InChI is InChI=1S/C14H19NO/c1-4-10-15(11-5-2)14-8-6-13(7-9-14)12(3)16/h1,6-9,12,16H,5,10-11H2,2-3H3/t12-/m1/s1. The molecule has 0 radical (unpaired) electrons. The van der Waals surface area contributed by atoms with E-state index in [0.717, 1.165) is 24.2 Å². The molecule has 0 aromatic heterocycles. The van der Waals surface area contributed by atoms with E-state index >= 15 is 0 Å². The summed E-state index contributed by atoms with van der Waals surface area (Å²) in [4.78, 5) is 2.16. The molecule has 0 unspecified atom stereocenters. The van der Waals surface area contributed by atoms with Crippen LogP contribution in [0.1, 0.15) is 31.9 Å². The van der Waals surface area contributed by atoms with Gasteiger partial charge in [0.2, 0.25) is 0 Å². The minimum absolute atomic E-state index is 0.415. The third-order valence-electron chi connectivity index (χ3n) is 2.52. The molecule has 2 heteroatoms. The van der Waals surface area contributed by atoms with Crippen molar-refractivity contribution < 1.29 is 5.11 Å². The van der Waals surface area contributed by atoms with Crippen molar-refractivity contribution in [1.82, 2.24) is 0 Å². The summed E-state index contributed by atoms with van der Waals surface area (Å²) in [5.74, 6) is 2.67. The first-order valence-electron chi connectivity index (χ1n) is 5.65. The number of anilines is 1. The van der Waals surface area contributed by atoms with Crippen LogP contribution in [0.25, 0.3) is 0 Å². The SMILES string of the molecule is C#CCN(CCC)c1ccc([C@@H](C)O)cc1. The van der Waals surface area contributed by atoms with E-state index < -0.39 is 6.10 Å². The molecule has 0 fully saturated rings. The van der Waals surface area contributed by atoms with Gasteiger partial charge in [-0.05, 0) is 31.0 Å². The van der Waals surface area contributed by atoms with E-state index in [1.54, 1.807) is 6.92 Å². The van der Waals surface area contributed by atoms with E-state index in [-0.39, 0.29) is 0 Å². The van der Waals surface area contributed by atoms with Gasteiger partial charge >= 0.3 is 0 Å². The second-order valence-electron chi connectivity index (χ2n) is 3.89. The van der Waals surface area contributed by atoms with Gasteiger partial charge in [0, 0.05) is 12.2 Å². The van der Waals surface area contributed by atoms with Gasteiger partial charge in [-0.3, -0.25) is 0 Å². The Bertz CT molecular complexity index is 348. The number of rotatable bonds is 5. The predicted octanol–water partition coefficient (Wildman–Crippen LogP) is 2.59. The Morgan fingerprint density at radius 3 is 2.44 bits per heavy atom. The van der Waals surface area contributed by atoms with E-state index in [0.29, 0.717) is 6.54 Å². The van der Waals surface area contributed by atoms with Crippen LogP contribution in [0.3, 0.4) is 0 Å². The minimum atomic E-state index is -0.415. The first kappa shape index (κ1) is 12.6. The molecule has 0 aliphatic heterocycles. The first-order chi connectivity index (χ1) is 7.69. The third-order valence-corrected chi connectivity index (χ3v) is 2.52. The van der Waals surface area contributed by atoms with Crippen molar-refractivity contribution in [2.24, 2.45) is 0 Å². The van der Waals surface area contributed by atoms with E-state index in [4.69, 9.17) is 6.42 Å². The second kappa shape index (κ2) is 6.19. The summed E-state index contributed by atoms with van der Waals surface area (Å²) >= 11 is 0. The Balaban J connectivity index is 2.81. The summed E-state index contributed by atoms with van der Waals surface area (Å²) in [6.45, 7) is 5.48. The summed E-state index contributed by atoms with van der Waals surface area (Å²) in [5.41, 5.74) is 2.05. The lowest BCUT2D eigenvalue weighted by atomic mass is 10.1. The lowest BCUT2D eigenvalue weighted by molar-refractivity contribution is 0.199. The Hall–Kier alpha value is -1.46. The molecule has 0 amide bonds. The number of aliphatic hydroxyl groups excluding tert-OH is 1. The van der Waals surface area contributed by atoms with Crippen molar-refractivity contribution in [3.05, 3.63) is 29.8 Å². The molecular weight excluding hydrogens is 198 g/mol. The number of hydrogen-bond donors (Lipinski definition) is 1. The highest BCUT2D eigenvalue weighted by atomic mass is 16.3. The van der Waals surface area contributed by atoms with Crippen molar-refractivity contribution in [2.75, 3.05) is 18.0 Å². The van der Waals surface area contributed by atoms with Gasteiger partial charge < -0.3 is 10.0 Å². The maximum absolute atomic E-state index is 9.41. The summed E-state index contributed by atoms with van der Waals surface area (Å²) in [6, 6.07) is 7.91. The fourth-order valence-electron chi connectivity index (χ4n) is 1.64. The monoisotopic (exact) mass is 217 g/mol. The van der Waals surface area contributed by atoms with Gasteiger partial charge in [0.1, 0.15) is 0 Å². The molecule has 0 spiro atoms. The lowest BCUT2D eigenvalue weighted by Gasteiger charge is -2.22. The van der Waals surface area contributed by atoms with E-state index in [1.165, 1.54) is 0 Å². The van der Waals surface area contributed by atoms with Gasteiger partial charge in [0.25, 0.3) is 0 Å². The quantitative estimate of drug-likeness (QED) is 0.766. The molecule has 16 heavy (non-hydrogen) atoms. The molecule has 1 rings (SSSR count). The van der Waals surface area contributed by atoms with Crippen LogP contribution < -0.4 is 4.90 Å². The normalized spacial score (nSPS) is 11.9. The maximum Gasteiger partial charge on any atom is 0.0791 e. The molecule has 2 nitrogen and oxygen atoms in total. The van der Waals surface area contributed by atoms with E-state index in [2.05, 4.69) is 17.7 Å². The molecule has 86 valence electrons. The van der Waals surface area contributed by atoms with Crippen LogP contribution in [0.15, 0.2) is 24.3 Å². The zero-order valence-electron chi connectivity index (χ0n) is 9.98. The van der Waals surface area contributed by atoms with Gasteiger partial charge in [0.15, 0.2) is 0 Å². The molecule has 0 saturated heterocycles. The molecule has 1 N–H and O–H groups in total. The molecule has 1 aromatic carbocycles. The lowest BCUT2D eigenvalue weighted by Crippen LogP contribution is -2.24. The smallest absolute Gasteiger partial charge is 0.0791 e. The fraction of sp³-hybridized carbons (Fsp3) is 0.429. The molecule has 0 aliphatic carbocycles. The van der Waals surface area contributed by atoms with Crippen LogP contribution in [0.5, 0.6) is 0 Å². The molecule has 0 saturated carbocycles. The van der Waals surface area contributed by atoms with Crippen molar-refractivity contribution in [1.29, 1.82) is 0 Å². The zero-order chi connectivity index (χ0) is 12.0. The molecular formula is C14H19NO. The van der Waals surface area contributed by atoms with Crippen molar-refractivity contribution in [2.45, 2.75) is 26.4 Å². The van der Waals surface area contributed by atoms with Gasteiger partial charge in [-0.25, -0.2) is 0 Å². The van der Waals surface area contributed by atoms with Gasteiger partial charge in [0.05, 0.1) is 12.6 Å². The van der Waals surface area contributed by atoms with Crippen LogP contribution in [-0.2, 0) is 0 Å². The summed E-state index contributed by atoms with van der Waals surface area (Å²) in [6.07, 6.45) is 6.00. The number of terminal acetylenes is 1. The Labute approximate surface area is 97.9 Å². The van der Waals surface area contributed by atoms with Gasteiger partial charge in [-0.15, -0.1) is 6.42 Å². The Morgan fingerprint density at radius 1 is 1.38 bits per heavy atom. The maximum atomic E-state index is 9.41. The van der Waals surface area contributed by atoms with E-state index in [1.807, 2.05) is 24.3 Å².